The van der Waals surface area contributed by atoms with Crippen LogP contribution in [0, 0.1) is 12.7 Å². The molecule has 1 aliphatic carbocycles. The van der Waals surface area contributed by atoms with E-state index >= 15 is 0 Å². The van der Waals surface area contributed by atoms with Crippen LogP contribution in [0.5, 0.6) is 0 Å². The standard InChI is InChI=1S/C12H11F2N3O/c1-5-8(13)2-6(3-10(5)15)11-16-12(18-17-11)7-4-9(7)14/h2-3,7,9H,4,15H2,1H3/t7-,9-/m1/s1. The Morgan fingerprint density at radius 3 is 2.78 bits per heavy atom. The second kappa shape index (κ2) is 3.76. The Kier molecular flexibility index (Phi) is 2.33. The third-order valence-electron chi connectivity index (χ3n) is 3.11. The van der Waals surface area contributed by atoms with Crippen LogP contribution in [0.4, 0.5) is 14.5 Å². The first kappa shape index (κ1) is 11.1. The zero-order valence-electron chi connectivity index (χ0n) is 9.65. The second-order valence-electron chi connectivity index (χ2n) is 4.49. The molecule has 1 aromatic carbocycles. The lowest BCUT2D eigenvalue weighted by molar-refractivity contribution is 0.363. The van der Waals surface area contributed by atoms with Gasteiger partial charge in [-0.05, 0) is 25.5 Å². The van der Waals surface area contributed by atoms with E-state index in [2.05, 4.69) is 10.1 Å². The van der Waals surface area contributed by atoms with Gasteiger partial charge in [0, 0.05) is 16.8 Å². The highest BCUT2D eigenvalue weighted by molar-refractivity contribution is 5.63. The highest BCUT2D eigenvalue weighted by Crippen LogP contribution is 2.43. The minimum absolute atomic E-state index is 0.231. The van der Waals surface area contributed by atoms with E-state index in [4.69, 9.17) is 10.3 Å². The zero-order valence-corrected chi connectivity index (χ0v) is 9.65. The fraction of sp³-hybridized carbons (Fsp3) is 0.333. The summed E-state index contributed by atoms with van der Waals surface area (Å²) in [5, 5.41) is 3.72. The van der Waals surface area contributed by atoms with Crippen molar-refractivity contribution in [2.75, 3.05) is 5.73 Å². The van der Waals surface area contributed by atoms with Crippen LogP contribution >= 0.6 is 0 Å². The highest BCUT2D eigenvalue weighted by Gasteiger charge is 2.43. The van der Waals surface area contributed by atoms with Gasteiger partial charge in [-0.1, -0.05) is 5.16 Å². The average molecular weight is 251 g/mol. The number of benzene rings is 1. The molecule has 0 spiro atoms. The summed E-state index contributed by atoms with van der Waals surface area (Å²) >= 11 is 0. The first-order chi connectivity index (χ1) is 8.56. The van der Waals surface area contributed by atoms with E-state index < -0.39 is 12.0 Å². The third-order valence-corrected chi connectivity index (χ3v) is 3.11. The van der Waals surface area contributed by atoms with Crippen molar-refractivity contribution >= 4 is 5.69 Å². The molecular weight excluding hydrogens is 240 g/mol. The smallest absolute Gasteiger partial charge is 0.233 e. The average Bonchev–Trinajstić information content (AvgIpc) is 2.89. The van der Waals surface area contributed by atoms with Gasteiger partial charge in [0.15, 0.2) is 0 Å². The molecule has 94 valence electrons. The number of halogens is 2. The van der Waals surface area contributed by atoms with Crippen molar-refractivity contribution in [2.24, 2.45) is 0 Å². The summed E-state index contributed by atoms with van der Waals surface area (Å²) in [6.45, 7) is 1.59. The van der Waals surface area contributed by atoms with Crippen LogP contribution in [0.1, 0.15) is 23.8 Å². The number of nitrogens with two attached hydrogens (primary N) is 1. The summed E-state index contributed by atoms with van der Waals surface area (Å²) in [5.41, 5.74) is 6.81. The molecule has 0 saturated heterocycles. The van der Waals surface area contributed by atoms with E-state index in [9.17, 15) is 8.78 Å². The number of anilines is 1. The summed E-state index contributed by atoms with van der Waals surface area (Å²) in [5.74, 6) is -0.239. The zero-order chi connectivity index (χ0) is 12.9. The van der Waals surface area contributed by atoms with Crippen LogP contribution < -0.4 is 5.73 Å². The molecule has 0 aliphatic heterocycles. The van der Waals surface area contributed by atoms with Crippen molar-refractivity contribution < 1.29 is 13.3 Å². The summed E-state index contributed by atoms with van der Waals surface area (Å²) in [6.07, 6.45) is -0.496. The van der Waals surface area contributed by atoms with Gasteiger partial charge in [0.05, 0.1) is 5.92 Å². The number of nitrogen functional groups attached to an aromatic ring is 1. The summed E-state index contributed by atoms with van der Waals surface area (Å²) < 4.78 is 31.3. The van der Waals surface area contributed by atoms with Gasteiger partial charge in [-0.15, -0.1) is 0 Å². The predicted octanol–water partition coefficient (Wildman–Crippen LogP) is 2.59. The molecule has 1 heterocycles. The number of hydrogen-bond donors (Lipinski definition) is 1. The van der Waals surface area contributed by atoms with E-state index in [0.29, 0.717) is 23.2 Å². The van der Waals surface area contributed by atoms with Gasteiger partial charge in [-0.25, -0.2) is 8.78 Å². The molecule has 0 bridgehead atoms. The maximum Gasteiger partial charge on any atom is 0.233 e. The SMILES string of the molecule is Cc1c(N)cc(-c2noc([C@@H]3C[C@H]3F)n2)cc1F. The fourth-order valence-electron chi connectivity index (χ4n) is 1.75. The van der Waals surface area contributed by atoms with Crippen LogP contribution in [0.2, 0.25) is 0 Å². The number of nitrogens with zero attached hydrogens (tertiary/aromatic N) is 2. The third kappa shape index (κ3) is 1.73. The Morgan fingerprint density at radius 1 is 1.44 bits per heavy atom. The molecule has 4 nitrogen and oxygen atoms in total. The summed E-state index contributed by atoms with van der Waals surface area (Å²) in [6, 6.07) is 2.87. The molecule has 2 N–H and O–H groups in total. The monoisotopic (exact) mass is 251 g/mol. The Labute approximate surface area is 102 Å². The minimum atomic E-state index is -0.905. The first-order valence-corrected chi connectivity index (χ1v) is 5.60. The summed E-state index contributed by atoms with van der Waals surface area (Å²) in [4.78, 5) is 4.06. The van der Waals surface area contributed by atoms with Crippen LogP contribution in [-0.2, 0) is 0 Å². The lowest BCUT2D eigenvalue weighted by Crippen LogP contribution is -1.95. The van der Waals surface area contributed by atoms with Crippen LogP contribution in [-0.4, -0.2) is 16.3 Å². The molecule has 6 heteroatoms. The van der Waals surface area contributed by atoms with Crippen molar-refractivity contribution in [2.45, 2.75) is 25.4 Å². The molecule has 0 amide bonds. The quantitative estimate of drug-likeness (QED) is 0.833. The van der Waals surface area contributed by atoms with Gasteiger partial charge >= 0.3 is 0 Å². The van der Waals surface area contributed by atoms with E-state index in [1.807, 2.05) is 0 Å². The van der Waals surface area contributed by atoms with Crippen LogP contribution in [0.15, 0.2) is 16.7 Å². The maximum absolute atomic E-state index is 13.5. The fourth-order valence-corrected chi connectivity index (χ4v) is 1.75. The first-order valence-electron chi connectivity index (χ1n) is 5.60. The second-order valence-corrected chi connectivity index (χ2v) is 4.49. The molecule has 1 saturated carbocycles. The number of hydrogen-bond acceptors (Lipinski definition) is 4. The van der Waals surface area contributed by atoms with Crippen molar-refractivity contribution in [3.8, 4) is 11.4 Å². The molecule has 0 unspecified atom stereocenters. The number of rotatable bonds is 2. The van der Waals surface area contributed by atoms with Crippen molar-refractivity contribution in [3.63, 3.8) is 0 Å². The summed E-state index contributed by atoms with van der Waals surface area (Å²) in [7, 11) is 0. The Bertz CT molecular complexity index is 588. The van der Waals surface area contributed by atoms with E-state index in [0.717, 1.165) is 0 Å². The lowest BCUT2D eigenvalue weighted by Gasteiger charge is -2.03. The Morgan fingerprint density at radius 2 is 2.17 bits per heavy atom. The van der Waals surface area contributed by atoms with Crippen LogP contribution in [0.3, 0.4) is 0 Å². The van der Waals surface area contributed by atoms with Gasteiger partial charge in [-0.2, -0.15) is 4.98 Å². The molecule has 18 heavy (non-hydrogen) atoms. The molecular formula is C12H11F2N3O. The van der Waals surface area contributed by atoms with Gasteiger partial charge in [0.25, 0.3) is 0 Å². The van der Waals surface area contributed by atoms with E-state index in [1.54, 1.807) is 13.0 Å². The molecule has 1 aliphatic rings. The lowest BCUT2D eigenvalue weighted by atomic mass is 10.1. The Balaban J connectivity index is 1.97. The molecule has 3 rings (SSSR count). The highest BCUT2D eigenvalue weighted by atomic mass is 19.1. The molecule has 1 fully saturated rings. The van der Waals surface area contributed by atoms with Gasteiger partial charge < -0.3 is 10.3 Å². The number of alkyl halides is 1. The molecule has 1 aromatic heterocycles. The normalized spacial score (nSPS) is 22.2. The largest absolute Gasteiger partial charge is 0.398 e. The maximum atomic E-state index is 13.5. The van der Waals surface area contributed by atoms with Crippen LogP contribution in [0.25, 0.3) is 11.4 Å². The van der Waals surface area contributed by atoms with E-state index in [-0.39, 0.29) is 17.6 Å². The Hall–Kier alpha value is -1.98. The van der Waals surface area contributed by atoms with Crippen molar-refractivity contribution in [3.05, 3.63) is 29.4 Å². The van der Waals surface area contributed by atoms with Gasteiger partial charge in [-0.3, -0.25) is 0 Å². The predicted molar refractivity (Wildman–Crippen MR) is 61.1 cm³/mol. The van der Waals surface area contributed by atoms with Gasteiger partial charge in [0.1, 0.15) is 12.0 Å². The molecule has 2 aromatic rings. The van der Waals surface area contributed by atoms with Crippen molar-refractivity contribution in [1.82, 2.24) is 10.1 Å². The molecule has 0 radical (unpaired) electrons. The van der Waals surface area contributed by atoms with Gasteiger partial charge in [0.2, 0.25) is 11.7 Å². The van der Waals surface area contributed by atoms with E-state index in [1.165, 1.54) is 6.07 Å². The molecule has 2 atom stereocenters. The van der Waals surface area contributed by atoms with Crippen molar-refractivity contribution in [1.29, 1.82) is 0 Å². The number of aromatic nitrogens is 2. The minimum Gasteiger partial charge on any atom is -0.398 e. The topological polar surface area (TPSA) is 64.9 Å².